The van der Waals surface area contributed by atoms with Crippen molar-refractivity contribution in [1.82, 2.24) is 19.7 Å². The Bertz CT molecular complexity index is 705. The van der Waals surface area contributed by atoms with Gasteiger partial charge in [-0.1, -0.05) is 6.42 Å². The molecule has 1 fully saturated rings. The molecule has 4 rings (SSSR count). The highest BCUT2D eigenvalue weighted by molar-refractivity contribution is 5.07. The molecule has 136 valence electrons. The van der Waals surface area contributed by atoms with Crippen LogP contribution in [0, 0.1) is 17.5 Å². The summed E-state index contributed by atoms with van der Waals surface area (Å²) in [6.07, 6.45) is 6.57. The lowest BCUT2D eigenvalue weighted by molar-refractivity contribution is 0.111. The molecule has 1 aromatic heterocycles. The van der Waals surface area contributed by atoms with E-state index in [2.05, 4.69) is 15.0 Å². The molecule has 2 N–H and O–H groups in total. The van der Waals surface area contributed by atoms with E-state index < -0.39 is 17.5 Å². The number of hydrogen-bond donors (Lipinski definition) is 1. The van der Waals surface area contributed by atoms with Gasteiger partial charge in [0.05, 0.1) is 13.1 Å². The van der Waals surface area contributed by atoms with E-state index in [-0.39, 0.29) is 0 Å². The largest absolute Gasteiger partial charge is 0.328 e. The number of hydrogen-bond acceptors (Lipinski definition) is 4. The summed E-state index contributed by atoms with van der Waals surface area (Å²) in [6.45, 7) is 3.01. The number of rotatable bonds is 1. The first-order chi connectivity index (χ1) is 12.0. The summed E-state index contributed by atoms with van der Waals surface area (Å²) >= 11 is 0. The average Bonchev–Trinajstić information content (AvgIpc) is 3.07. The van der Waals surface area contributed by atoms with Crippen LogP contribution in [-0.4, -0.2) is 38.3 Å². The molecule has 0 spiro atoms. The molecule has 0 radical (unpaired) electrons. The van der Waals surface area contributed by atoms with Crippen molar-refractivity contribution in [3.63, 3.8) is 0 Å². The Labute approximate surface area is 144 Å². The van der Waals surface area contributed by atoms with Crippen LogP contribution in [0.2, 0.25) is 0 Å². The van der Waals surface area contributed by atoms with E-state index in [4.69, 9.17) is 5.73 Å². The third-order valence-corrected chi connectivity index (χ3v) is 4.72. The minimum atomic E-state index is -1.16. The van der Waals surface area contributed by atoms with Crippen molar-refractivity contribution < 1.29 is 13.2 Å². The zero-order valence-corrected chi connectivity index (χ0v) is 13.9. The second kappa shape index (κ2) is 7.97. The van der Waals surface area contributed by atoms with Crippen molar-refractivity contribution in [3.05, 3.63) is 47.8 Å². The third kappa shape index (κ3) is 4.58. The summed E-state index contributed by atoms with van der Waals surface area (Å²) in [5.74, 6) is -1.86. The molecule has 2 atom stereocenters. The van der Waals surface area contributed by atoms with E-state index in [0.717, 1.165) is 44.0 Å². The second-order valence-corrected chi connectivity index (χ2v) is 6.51. The molecule has 0 amide bonds. The standard InChI is InChI=1S/C11H19N5.C6H3F3/c12-9-2-1-3-10(6-9)15-4-5-16-11(7-15)13-8-14-16;7-4-1-2-5(8)6(9)3-4/h8-10H,1-7,12H2;1-3H/t9-,10+;/m1./s1. The number of nitrogens with two attached hydrogens (primary N) is 1. The first-order valence-corrected chi connectivity index (χ1v) is 8.50. The van der Waals surface area contributed by atoms with Crippen LogP contribution in [0.15, 0.2) is 24.5 Å². The molecule has 8 heteroatoms. The highest BCUT2D eigenvalue weighted by Crippen LogP contribution is 2.24. The summed E-state index contributed by atoms with van der Waals surface area (Å²) < 4.78 is 37.9. The fraction of sp³-hybridized carbons (Fsp3) is 0.529. The van der Waals surface area contributed by atoms with Crippen LogP contribution in [0.5, 0.6) is 0 Å². The molecule has 1 aromatic carbocycles. The summed E-state index contributed by atoms with van der Waals surface area (Å²) in [6, 6.07) is 3.16. The Morgan fingerprint density at radius 1 is 1.08 bits per heavy atom. The van der Waals surface area contributed by atoms with Crippen molar-refractivity contribution in [3.8, 4) is 0 Å². The molecule has 1 saturated carbocycles. The van der Waals surface area contributed by atoms with Gasteiger partial charge >= 0.3 is 0 Å². The monoisotopic (exact) mass is 353 g/mol. The fourth-order valence-electron chi connectivity index (χ4n) is 3.40. The quantitative estimate of drug-likeness (QED) is 0.800. The number of benzene rings is 1. The highest BCUT2D eigenvalue weighted by Gasteiger charge is 2.28. The van der Waals surface area contributed by atoms with Crippen LogP contribution in [0.4, 0.5) is 13.2 Å². The molecule has 25 heavy (non-hydrogen) atoms. The topological polar surface area (TPSA) is 60.0 Å². The van der Waals surface area contributed by atoms with Gasteiger partial charge in [0.2, 0.25) is 0 Å². The Balaban J connectivity index is 0.000000173. The van der Waals surface area contributed by atoms with E-state index in [1.165, 1.54) is 19.3 Å². The average molecular weight is 353 g/mol. The molecular formula is C17H22F3N5. The van der Waals surface area contributed by atoms with Crippen LogP contribution in [0.3, 0.4) is 0 Å². The SMILES string of the molecule is Fc1ccc(F)c(F)c1.N[C@@H]1CCC[C@H](N2CCn3ncnc3C2)C1. The van der Waals surface area contributed by atoms with Crippen LogP contribution in [-0.2, 0) is 13.1 Å². The zero-order chi connectivity index (χ0) is 17.8. The van der Waals surface area contributed by atoms with Gasteiger partial charge in [-0.15, -0.1) is 0 Å². The number of nitrogens with zero attached hydrogens (tertiary/aromatic N) is 4. The van der Waals surface area contributed by atoms with Crippen LogP contribution < -0.4 is 5.73 Å². The van der Waals surface area contributed by atoms with E-state index in [9.17, 15) is 13.2 Å². The predicted octanol–water partition coefficient (Wildman–Crippen LogP) is 2.47. The smallest absolute Gasteiger partial charge is 0.161 e. The molecule has 0 saturated heterocycles. The minimum absolute atomic E-state index is 0.401. The van der Waals surface area contributed by atoms with E-state index >= 15 is 0 Å². The van der Waals surface area contributed by atoms with Gasteiger partial charge in [0.1, 0.15) is 18.0 Å². The summed E-state index contributed by atoms with van der Waals surface area (Å²) in [7, 11) is 0. The van der Waals surface area contributed by atoms with Gasteiger partial charge in [0.15, 0.2) is 11.6 Å². The van der Waals surface area contributed by atoms with Gasteiger partial charge in [0, 0.05) is 24.7 Å². The molecule has 1 aliphatic heterocycles. The summed E-state index contributed by atoms with van der Waals surface area (Å²) in [5.41, 5.74) is 6.05. The van der Waals surface area contributed by atoms with Gasteiger partial charge in [-0.3, -0.25) is 4.90 Å². The van der Waals surface area contributed by atoms with Crippen LogP contribution in [0.25, 0.3) is 0 Å². The van der Waals surface area contributed by atoms with Gasteiger partial charge in [-0.2, -0.15) is 5.10 Å². The molecule has 2 aliphatic rings. The normalized spacial score (nSPS) is 23.5. The maximum Gasteiger partial charge on any atom is 0.161 e. The molecule has 1 aliphatic carbocycles. The first-order valence-electron chi connectivity index (χ1n) is 8.50. The van der Waals surface area contributed by atoms with E-state index in [1.54, 1.807) is 6.33 Å². The maximum atomic E-state index is 12.0. The van der Waals surface area contributed by atoms with E-state index in [0.29, 0.717) is 18.2 Å². The summed E-state index contributed by atoms with van der Waals surface area (Å²) in [5, 5.41) is 4.21. The second-order valence-electron chi connectivity index (χ2n) is 6.51. The Kier molecular flexibility index (Phi) is 5.70. The van der Waals surface area contributed by atoms with Gasteiger partial charge in [-0.25, -0.2) is 22.8 Å². The number of aromatic nitrogens is 3. The lowest BCUT2D eigenvalue weighted by Crippen LogP contribution is -2.46. The van der Waals surface area contributed by atoms with E-state index in [1.807, 2.05) is 4.68 Å². The zero-order valence-electron chi connectivity index (χ0n) is 13.9. The predicted molar refractivity (Wildman–Crippen MR) is 87.0 cm³/mol. The molecule has 0 unspecified atom stereocenters. The van der Waals surface area contributed by atoms with Gasteiger partial charge in [0.25, 0.3) is 0 Å². The van der Waals surface area contributed by atoms with Crippen molar-refractivity contribution in [2.45, 2.75) is 50.9 Å². The number of halogens is 3. The summed E-state index contributed by atoms with van der Waals surface area (Å²) in [4.78, 5) is 6.83. The number of fused-ring (bicyclic) bond motifs is 1. The molecule has 0 bridgehead atoms. The first kappa shape index (κ1) is 17.9. The van der Waals surface area contributed by atoms with Crippen LogP contribution in [0.1, 0.15) is 31.5 Å². The Morgan fingerprint density at radius 2 is 1.92 bits per heavy atom. The van der Waals surface area contributed by atoms with Gasteiger partial charge in [-0.05, 0) is 31.4 Å². The minimum Gasteiger partial charge on any atom is -0.328 e. The lowest BCUT2D eigenvalue weighted by Gasteiger charge is -2.38. The molecule has 5 nitrogen and oxygen atoms in total. The van der Waals surface area contributed by atoms with Crippen molar-refractivity contribution >= 4 is 0 Å². The van der Waals surface area contributed by atoms with Crippen molar-refractivity contribution in [1.29, 1.82) is 0 Å². The fourth-order valence-corrected chi connectivity index (χ4v) is 3.40. The molecular weight excluding hydrogens is 331 g/mol. The van der Waals surface area contributed by atoms with Gasteiger partial charge < -0.3 is 5.73 Å². The Morgan fingerprint density at radius 3 is 2.64 bits per heavy atom. The highest BCUT2D eigenvalue weighted by atomic mass is 19.2. The van der Waals surface area contributed by atoms with Crippen molar-refractivity contribution in [2.24, 2.45) is 5.73 Å². The Hall–Kier alpha value is -1.93. The maximum absolute atomic E-state index is 12.0. The van der Waals surface area contributed by atoms with Crippen molar-refractivity contribution in [2.75, 3.05) is 6.54 Å². The molecule has 2 heterocycles. The third-order valence-electron chi connectivity index (χ3n) is 4.72. The van der Waals surface area contributed by atoms with Crippen LogP contribution >= 0.6 is 0 Å². The lowest BCUT2D eigenvalue weighted by atomic mass is 9.90. The molecule has 2 aromatic rings.